The number of aryl methyl sites for hydroxylation is 2. The highest BCUT2D eigenvalue weighted by atomic mass is 16.5. The maximum Gasteiger partial charge on any atom is 0.207 e. The van der Waals surface area contributed by atoms with E-state index < -0.39 is 0 Å². The topological polar surface area (TPSA) is 43.3 Å². The highest BCUT2D eigenvalue weighted by Gasteiger charge is 2.25. The van der Waals surface area contributed by atoms with Crippen LogP contribution in [0.3, 0.4) is 0 Å². The smallest absolute Gasteiger partial charge is 0.207 e. The quantitative estimate of drug-likeness (QED) is 0.860. The predicted molar refractivity (Wildman–Crippen MR) is 74.4 cm³/mol. The molecule has 1 amide bonds. The molecule has 1 aromatic carbocycles. The number of nitrogens with zero attached hydrogens (tertiary/aromatic N) is 1. The summed E-state index contributed by atoms with van der Waals surface area (Å²) in [5.74, 6) is 0.874. The van der Waals surface area contributed by atoms with Crippen LogP contribution in [-0.2, 0) is 11.3 Å². The monoisotopic (exact) mass is 258 g/mol. The average molecular weight is 258 g/mol. The van der Waals surface area contributed by atoms with Crippen molar-refractivity contribution in [3.8, 4) is 5.75 Å². The molecule has 3 rings (SSSR count). The van der Waals surface area contributed by atoms with Crippen LogP contribution in [0.2, 0.25) is 0 Å². The molecule has 1 atom stereocenters. The van der Waals surface area contributed by atoms with Crippen molar-refractivity contribution in [3.05, 3.63) is 29.5 Å². The minimum Gasteiger partial charge on any atom is -0.497 e. The molecule has 4 nitrogen and oxygen atoms in total. The van der Waals surface area contributed by atoms with Gasteiger partial charge in [-0.15, -0.1) is 0 Å². The van der Waals surface area contributed by atoms with Gasteiger partial charge in [0.2, 0.25) is 6.41 Å². The molecule has 1 aliphatic rings. The average Bonchev–Trinajstić information content (AvgIpc) is 2.73. The molecule has 0 fully saturated rings. The molecule has 1 N–H and O–H groups in total. The van der Waals surface area contributed by atoms with Crippen LogP contribution in [0.25, 0.3) is 10.9 Å². The highest BCUT2D eigenvalue weighted by Crippen LogP contribution is 2.36. The lowest BCUT2D eigenvalue weighted by Gasteiger charge is -2.25. The molecule has 0 aliphatic carbocycles. The van der Waals surface area contributed by atoms with Gasteiger partial charge < -0.3 is 14.6 Å². The zero-order valence-corrected chi connectivity index (χ0v) is 11.3. The van der Waals surface area contributed by atoms with E-state index in [4.69, 9.17) is 4.74 Å². The second-order valence-corrected chi connectivity index (χ2v) is 5.02. The summed E-state index contributed by atoms with van der Waals surface area (Å²) < 4.78 is 7.63. The van der Waals surface area contributed by atoms with Crippen LogP contribution in [0.15, 0.2) is 18.2 Å². The zero-order valence-electron chi connectivity index (χ0n) is 11.3. The van der Waals surface area contributed by atoms with Crippen LogP contribution in [0.1, 0.15) is 30.1 Å². The lowest BCUT2D eigenvalue weighted by molar-refractivity contribution is -0.110. The van der Waals surface area contributed by atoms with Crippen molar-refractivity contribution in [3.63, 3.8) is 0 Å². The lowest BCUT2D eigenvalue weighted by Crippen LogP contribution is -2.27. The Bertz CT molecular complexity index is 631. The van der Waals surface area contributed by atoms with E-state index in [1.165, 1.54) is 22.2 Å². The Balaban J connectivity index is 2.22. The molecular formula is C15H18N2O2. The largest absolute Gasteiger partial charge is 0.497 e. The number of methoxy groups -OCH3 is 1. The third kappa shape index (κ3) is 1.79. The van der Waals surface area contributed by atoms with Gasteiger partial charge in [-0.2, -0.15) is 0 Å². The van der Waals surface area contributed by atoms with Gasteiger partial charge in [0.15, 0.2) is 0 Å². The molecular weight excluding hydrogens is 240 g/mol. The molecule has 2 heterocycles. The van der Waals surface area contributed by atoms with Gasteiger partial charge in [0.05, 0.1) is 13.2 Å². The Morgan fingerprint density at radius 3 is 3.05 bits per heavy atom. The Morgan fingerprint density at radius 2 is 2.32 bits per heavy atom. The molecule has 0 radical (unpaired) electrons. The summed E-state index contributed by atoms with van der Waals surface area (Å²) >= 11 is 0. The number of hydrogen-bond donors (Lipinski definition) is 1. The first-order valence-electron chi connectivity index (χ1n) is 6.62. The summed E-state index contributed by atoms with van der Waals surface area (Å²) in [6.45, 7) is 3.14. The predicted octanol–water partition coefficient (Wildman–Crippen LogP) is 2.54. The van der Waals surface area contributed by atoms with E-state index in [1.807, 2.05) is 6.07 Å². The van der Waals surface area contributed by atoms with Gasteiger partial charge in [-0.05, 0) is 43.5 Å². The summed E-state index contributed by atoms with van der Waals surface area (Å²) in [7, 11) is 1.68. The Morgan fingerprint density at radius 1 is 1.47 bits per heavy atom. The van der Waals surface area contributed by atoms with Crippen LogP contribution >= 0.6 is 0 Å². The van der Waals surface area contributed by atoms with Crippen molar-refractivity contribution in [2.45, 2.75) is 32.4 Å². The van der Waals surface area contributed by atoms with Crippen molar-refractivity contribution in [1.82, 2.24) is 9.88 Å². The molecule has 100 valence electrons. The number of nitrogens with one attached hydrogen (secondary N) is 1. The minimum atomic E-state index is 0.129. The minimum absolute atomic E-state index is 0.129. The summed E-state index contributed by atoms with van der Waals surface area (Å²) in [6, 6.07) is 6.30. The summed E-state index contributed by atoms with van der Waals surface area (Å²) in [4.78, 5) is 10.8. The van der Waals surface area contributed by atoms with E-state index in [1.54, 1.807) is 7.11 Å². The number of benzene rings is 1. The van der Waals surface area contributed by atoms with E-state index in [9.17, 15) is 4.79 Å². The van der Waals surface area contributed by atoms with Crippen LogP contribution < -0.4 is 10.1 Å². The molecule has 0 bridgehead atoms. The molecule has 1 aliphatic heterocycles. The maximum atomic E-state index is 10.8. The second kappa shape index (κ2) is 4.61. The fraction of sp³-hybridized carbons (Fsp3) is 0.400. The third-order valence-corrected chi connectivity index (χ3v) is 4.05. The van der Waals surface area contributed by atoms with Gasteiger partial charge in [0, 0.05) is 23.1 Å². The molecule has 0 saturated heterocycles. The summed E-state index contributed by atoms with van der Waals surface area (Å²) in [6.07, 6.45) is 2.90. The van der Waals surface area contributed by atoms with Crippen molar-refractivity contribution in [1.29, 1.82) is 0 Å². The number of fused-ring (bicyclic) bond motifs is 3. The summed E-state index contributed by atoms with van der Waals surface area (Å²) in [5, 5.41) is 4.16. The van der Waals surface area contributed by atoms with E-state index in [0.717, 1.165) is 31.5 Å². The molecule has 19 heavy (non-hydrogen) atoms. The number of aromatic nitrogens is 1. The number of carbonyl (C=O) groups excluding carboxylic acids is 1. The van der Waals surface area contributed by atoms with Gasteiger partial charge >= 0.3 is 0 Å². The van der Waals surface area contributed by atoms with Crippen LogP contribution in [-0.4, -0.2) is 18.1 Å². The molecule has 4 heteroatoms. The van der Waals surface area contributed by atoms with Gasteiger partial charge in [-0.25, -0.2) is 0 Å². The maximum absolute atomic E-state index is 10.8. The molecule has 0 spiro atoms. The van der Waals surface area contributed by atoms with Crippen molar-refractivity contribution in [2.24, 2.45) is 0 Å². The Kier molecular flexibility index (Phi) is 2.93. The molecule has 1 unspecified atom stereocenters. The number of carbonyl (C=O) groups is 1. The fourth-order valence-corrected chi connectivity index (χ4v) is 3.17. The van der Waals surface area contributed by atoms with Gasteiger partial charge in [0.1, 0.15) is 5.75 Å². The van der Waals surface area contributed by atoms with Crippen LogP contribution in [0.5, 0.6) is 5.75 Å². The first kappa shape index (κ1) is 12.1. The lowest BCUT2D eigenvalue weighted by atomic mass is 10.0. The zero-order chi connectivity index (χ0) is 13.4. The van der Waals surface area contributed by atoms with Crippen LogP contribution in [0, 0.1) is 6.92 Å². The van der Waals surface area contributed by atoms with E-state index >= 15 is 0 Å². The van der Waals surface area contributed by atoms with E-state index in [-0.39, 0.29) is 6.04 Å². The molecule has 0 saturated carbocycles. The van der Waals surface area contributed by atoms with Gasteiger partial charge in [0.25, 0.3) is 0 Å². The molecule has 2 aromatic rings. The SMILES string of the molecule is COc1ccc2c(c1)c(C)c1n2CCCC1NC=O. The Hall–Kier alpha value is -1.97. The van der Waals surface area contributed by atoms with Crippen LogP contribution in [0.4, 0.5) is 0 Å². The normalized spacial score (nSPS) is 18.1. The molecule has 1 aromatic heterocycles. The van der Waals surface area contributed by atoms with Gasteiger partial charge in [-0.1, -0.05) is 0 Å². The van der Waals surface area contributed by atoms with E-state index in [2.05, 4.69) is 28.9 Å². The standard InChI is InChI=1S/C15H18N2O2/c1-10-12-8-11(19-2)5-6-14(12)17-7-3-4-13(15(10)17)16-9-18/h5-6,8-9,13H,3-4,7H2,1-2H3,(H,16,18). The van der Waals surface area contributed by atoms with Gasteiger partial charge in [-0.3, -0.25) is 4.79 Å². The number of amides is 1. The van der Waals surface area contributed by atoms with Crippen molar-refractivity contribution < 1.29 is 9.53 Å². The summed E-state index contributed by atoms with van der Waals surface area (Å²) in [5.41, 5.74) is 3.71. The number of rotatable bonds is 3. The third-order valence-electron chi connectivity index (χ3n) is 4.05. The first-order valence-corrected chi connectivity index (χ1v) is 6.62. The number of hydrogen-bond acceptors (Lipinski definition) is 2. The van der Waals surface area contributed by atoms with Crippen molar-refractivity contribution >= 4 is 17.3 Å². The van der Waals surface area contributed by atoms with E-state index in [0.29, 0.717) is 0 Å². The highest BCUT2D eigenvalue weighted by molar-refractivity contribution is 5.87. The first-order chi connectivity index (χ1) is 9.26. The Labute approximate surface area is 112 Å². The second-order valence-electron chi connectivity index (χ2n) is 5.02. The fourth-order valence-electron chi connectivity index (χ4n) is 3.17. The number of ether oxygens (including phenoxy) is 1. The van der Waals surface area contributed by atoms with Crippen molar-refractivity contribution in [2.75, 3.05) is 7.11 Å².